The van der Waals surface area contributed by atoms with Gasteiger partial charge in [0.25, 0.3) is 11.5 Å². The molecule has 0 unspecified atom stereocenters. The molecule has 1 aromatic heterocycles. The highest BCUT2D eigenvalue weighted by Gasteiger charge is 2.28. The van der Waals surface area contributed by atoms with Crippen LogP contribution in [0.25, 0.3) is 0 Å². The number of carbonyl (C=O) groups is 3. The zero-order chi connectivity index (χ0) is 22.6. The van der Waals surface area contributed by atoms with E-state index in [0.717, 1.165) is 9.13 Å². The summed E-state index contributed by atoms with van der Waals surface area (Å²) in [6, 6.07) is 7.32. The molecule has 30 heavy (non-hydrogen) atoms. The Morgan fingerprint density at radius 1 is 1.07 bits per heavy atom. The van der Waals surface area contributed by atoms with E-state index >= 15 is 0 Å². The van der Waals surface area contributed by atoms with Crippen molar-refractivity contribution in [1.29, 1.82) is 0 Å². The molecule has 10 heteroatoms. The number of nitrogen functional groups attached to an aromatic ring is 1. The van der Waals surface area contributed by atoms with E-state index < -0.39 is 47.1 Å². The maximum absolute atomic E-state index is 12.5. The molecule has 0 aliphatic rings. The summed E-state index contributed by atoms with van der Waals surface area (Å²) in [6.07, 6.45) is 0. The molecule has 3 N–H and O–H groups in total. The van der Waals surface area contributed by atoms with Gasteiger partial charge in [-0.3, -0.25) is 23.5 Å². The van der Waals surface area contributed by atoms with Gasteiger partial charge in [0.15, 0.2) is 6.61 Å². The van der Waals surface area contributed by atoms with Crippen LogP contribution in [0.2, 0.25) is 0 Å². The van der Waals surface area contributed by atoms with Crippen LogP contribution < -0.4 is 22.3 Å². The fourth-order valence-corrected chi connectivity index (χ4v) is 2.73. The van der Waals surface area contributed by atoms with Crippen molar-refractivity contribution in [2.24, 2.45) is 20.0 Å². The summed E-state index contributed by atoms with van der Waals surface area (Å²) in [6.45, 7) is 2.65. The minimum atomic E-state index is -1.01. The molecule has 1 aromatic carbocycles. The van der Waals surface area contributed by atoms with Crippen molar-refractivity contribution in [2.45, 2.75) is 19.9 Å². The van der Waals surface area contributed by atoms with E-state index in [2.05, 4.69) is 5.32 Å². The third kappa shape index (κ3) is 4.65. The van der Waals surface area contributed by atoms with E-state index in [9.17, 15) is 24.0 Å². The number of amides is 1. The molecule has 0 bridgehead atoms. The molecule has 0 aliphatic carbocycles. The molecule has 0 radical (unpaired) electrons. The number of nitrogens with one attached hydrogen (secondary N) is 1. The van der Waals surface area contributed by atoms with Crippen LogP contribution in [-0.2, 0) is 23.6 Å². The zero-order valence-electron chi connectivity index (χ0n) is 17.2. The summed E-state index contributed by atoms with van der Waals surface area (Å²) in [7, 11) is 2.52. The van der Waals surface area contributed by atoms with Crippen molar-refractivity contribution >= 4 is 23.5 Å². The number of ketones is 1. The Hall–Kier alpha value is -3.69. The zero-order valence-corrected chi connectivity index (χ0v) is 17.2. The van der Waals surface area contributed by atoms with Crippen molar-refractivity contribution in [3.63, 3.8) is 0 Å². The lowest BCUT2D eigenvalue weighted by atomic mass is 10.0. The Morgan fingerprint density at radius 3 is 2.23 bits per heavy atom. The van der Waals surface area contributed by atoms with Crippen LogP contribution in [0.15, 0.2) is 39.9 Å². The third-order valence-corrected chi connectivity index (χ3v) is 4.58. The minimum absolute atomic E-state index is 0.318. The number of hydrogen-bond donors (Lipinski definition) is 2. The molecule has 2 rings (SSSR count). The van der Waals surface area contributed by atoms with E-state index in [1.54, 1.807) is 44.2 Å². The normalized spacial score (nSPS) is 11.8. The van der Waals surface area contributed by atoms with Gasteiger partial charge < -0.3 is 15.8 Å². The van der Waals surface area contributed by atoms with Crippen molar-refractivity contribution < 1.29 is 19.1 Å². The fraction of sp³-hybridized carbons (Fsp3) is 0.350. The molecule has 2 aromatic rings. The molecule has 0 fully saturated rings. The van der Waals surface area contributed by atoms with Gasteiger partial charge in [0.05, 0.1) is 0 Å². The number of Topliss-reactive ketones (excluding diaryl/α,β-unsaturated/α-hetero) is 1. The van der Waals surface area contributed by atoms with Gasteiger partial charge in [-0.2, -0.15) is 0 Å². The average molecular weight is 416 g/mol. The largest absolute Gasteiger partial charge is 0.456 e. The molecule has 0 saturated heterocycles. The lowest BCUT2D eigenvalue weighted by molar-refractivity contribution is -0.145. The van der Waals surface area contributed by atoms with E-state index in [1.807, 2.05) is 0 Å². The van der Waals surface area contributed by atoms with Crippen LogP contribution in [0.1, 0.15) is 34.6 Å². The van der Waals surface area contributed by atoms with Crippen molar-refractivity contribution in [1.82, 2.24) is 14.5 Å². The molecule has 0 saturated carbocycles. The second-order valence-corrected chi connectivity index (χ2v) is 7.06. The number of esters is 1. The number of aromatic nitrogens is 2. The Kier molecular flexibility index (Phi) is 6.93. The average Bonchev–Trinajstić information content (AvgIpc) is 2.73. The maximum atomic E-state index is 12.5. The molecule has 0 spiro atoms. The molecule has 0 aliphatic heterocycles. The summed E-state index contributed by atoms with van der Waals surface area (Å²) >= 11 is 0. The lowest BCUT2D eigenvalue weighted by Gasteiger charge is -2.21. The Balaban J connectivity index is 2.15. The van der Waals surface area contributed by atoms with Gasteiger partial charge in [-0.1, -0.05) is 32.0 Å². The van der Waals surface area contributed by atoms with Crippen molar-refractivity contribution in [2.75, 3.05) is 12.3 Å². The van der Waals surface area contributed by atoms with Crippen LogP contribution in [0.5, 0.6) is 0 Å². The number of rotatable bonds is 7. The number of hydrogen-bond acceptors (Lipinski definition) is 7. The number of anilines is 1. The van der Waals surface area contributed by atoms with Gasteiger partial charge in [0, 0.05) is 19.7 Å². The minimum Gasteiger partial charge on any atom is -0.456 e. The maximum Gasteiger partial charge on any atom is 0.332 e. The van der Waals surface area contributed by atoms with Gasteiger partial charge in [0.1, 0.15) is 17.4 Å². The summed E-state index contributed by atoms with van der Waals surface area (Å²) in [5, 5.41) is 2.58. The van der Waals surface area contributed by atoms with Crippen LogP contribution in [0.3, 0.4) is 0 Å². The molecule has 160 valence electrons. The molecular weight excluding hydrogens is 392 g/mol. The quantitative estimate of drug-likeness (QED) is 0.472. The number of nitrogens with two attached hydrogens (primary N) is 1. The monoisotopic (exact) mass is 416 g/mol. The number of benzene rings is 1. The second-order valence-electron chi connectivity index (χ2n) is 7.06. The first-order valence-electron chi connectivity index (χ1n) is 9.17. The molecular formula is C20H24N4O6. The van der Waals surface area contributed by atoms with Crippen LogP contribution in [-0.4, -0.2) is 39.4 Å². The topological polar surface area (TPSA) is 142 Å². The molecule has 1 heterocycles. The Morgan fingerprint density at radius 2 is 1.67 bits per heavy atom. The van der Waals surface area contributed by atoms with Crippen LogP contribution >= 0.6 is 0 Å². The van der Waals surface area contributed by atoms with E-state index in [1.165, 1.54) is 14.1 Å². The predicted octanol–water partition coefficient (Wildman–Crippen LogP) is -0.153. The van der Waals surface area contributed by atoms with E-state index in [0.29, 0.717) is 5.56 Å². The standard InChI is InChI=1S/C20H24N4O6/c1-11(2)15(22-17(26)12-8-6-5-7-9-12)19(28)30-10-13(25)14-16(21)23(3)20(29)24(4)18(14)27/h5-9,11,15H,10,21H2,1-4H3,(H,22,26)/t15-/m0/s1. The van der Waals surface area contributed by atoms with Crippen molar-refractivity contribution in [3.8, 4) is 0 Å². The third-order valence-electron chi connectivity index (χ3n) is 4.58. The predicted molar refractivity (Wildman–Crippen MR) is 109 cm³/mol. The Bertz CT molecular complexity index is 1080. The Labute approximate surface area is 172 Å². The summed E-state index contributed by atoms with van der Waals surface area (Å²) < 4.78 is 6.73. The first kappa shape index (κ1) is 22.6. The first-order chi connectivity index (χ1) is 14.1. The summed E-state index contributed by atoms with van der Waals surface area (Å²) in [5.74, 6) is -2.79. The van der Waals surface area contributed by atoms with Crippen LogP contribution in [0.4, 0.5) is 5.82 Å². The SMILES string of the molecule is CC(C)[C@H](NC(=O)c1ccccc1)C(=O)OCC(=O)c1c(N)n(C)c(=O)n(C)c1=O. The molecule has 1 atom stereocenters. The van der Waals surface area contributed by atoms with E-state index in [-0.39, 0.29) is 11.7 Å². The fourth-order valence-electron chi connectivity index (χ4n) is 2.73. The number of carbonyl (C=O) groups excluding carboxylic acids is 3. The van der Waals surface area contributed by atoms with Gasteiger partial charge in [-0.05, 0) is 18.1 Å². The highest BCUT2D eigenvalue weighted by Crippen LogP contribution is 2.09. The number of ether oxygens (including phenoxy) is 1. The smallest absolute Gasteiger partial charge is 0.332 e. The second kappa shape index (κ2) is 9.21. The molecule has 1 amide bonds. The van der Waals surface area contributed by atoms with Crippen LogP contribution in [0, 0.1) is 5.92 Å². The summed E-state index contributed by atoms with van der Waals surface area (Å²) in [5.41, 5.74) is 4.09. The summed E-state index contributed by atoms with van der Waals surface area (Å²) in [4.78, 5) is 61.4. The molecule has 10 nitrogen and oxygen atoms in total. The highest BCUT2D eigenvalue weighted by molar-refractivity contribution is 6.02. The highest BCUT2D eigenvalue weighted by atomic mass is 16.5. The van der Waals surface area contributed by atoms with Gasteiger partial charge in [-0.15, -0.1) is 0 Å². The van der Waals surface area contributed by atoms with Gasteiger partial charge in [0.2, 0.25) is 5.78 Å². The lowest BCUT2D eigenvalue weighted by Crippen LogP contribution is -2.46. The number of nitrogens with zero attached hydrogens (tertiary/aromatic N) is 2. The van der Waals surface area contributed by atoms with Crippen molar-refractivity contribution in [3.05, 3.63) is 62.3 Å². The van der Waals surface area contributed by atoms with E-state index in [4.69, 9.17) is 10.5 Å². The first-order valence-corrected chi connectivity index (χ1v) is 9.17. The van der Waals surface area contributed by atoms with Gasteiger partial charge in [-0.25, -0.2) is 9.59 Å². The van der Waals surface area contributed by atoms with Gasteiger partial charge >= 0.3 is 11.7 Å².